The Morgan fingerprint density at radius 1 is 0.846 bits per heavy atom. The van der Waals surface area contributed by atoms with E-state index in [1.54, 1.807) is 12.1 Å². The van der Waals surface area contributed by atoms with Gasteiger partial charge in [0.15, 0.2) is 0 Å². The summed E-state index contributed by atoms with van der Waals surface area (Å²) in [6.45, 7) is 4.18. The minimum absolute atomic E-state index is 0.329. The first kappa shape index (κ1) is 8.11. The minimum atomic E-state index is 0.329. The van der Waals surface area contributed by atoms with Crippen molar-refractivity contribution in [2.45, 2.75) is 13.8 Å². The summed E-state index contributed by atoms with van der Waals surface area (Å²) in [4.78, 5) is 0. The Bertz CT molecular complexity index is 458. The summed E-state index contributed by atoms with van der Waals surface area (Å²) in [6.07, 6.45) is 0. The van der Waals surface area contributed by atoms with E-state index < -0.39 is 0 Å². The minimum Gasteiger partial charge on any atom is -0.508 e. The van der Waals surface area contributed by atoms with Gasteiger partial charge >= 0.3 is 0 Å². The van der Waals surface area contributed by atoms with Gasteiger partial charge in [-0.1, -0.05) is 18.2 Å². The quantitative estimate of drug-likeness (QED) is 0.647. The standard InChI is InChI=1S/C12H12O/c1-8-5-10-3-4-12(13)7-11(10)6-9(8)2/h3-7,13H,1-2H3. The lowest BCUT2D eigenvalue weighted by molar-refractivity contribution is 0.476. The van der Waals surface area contributed by atoms with Gasteiger partial charge in [0.1, 0.15) is 5.75 Å². The molecule has 0 radical (unpaired) electrons. The first-order valence-corrected chi connectivity index (χ1v) is 4.37. The van der Waals surface area contributed by atoms with Crippen LogP contribution >= 0.6 is 0 Å². The third-order valence-electron chi connectivity index (χ3n) is 2.44. The van der Waals surface area contributed by atoms with Gasteiger partial charge in [-0.2, -0.15) is 0 Å². The van der Waals surface area contributed by atoms with Crippen LogP contribution in [0.4, 0.5) is 0 Å². The number of rotatable bonds is 0. The van der Waals surface area contributed by atoms with Gasteiger partial charge in [0, 0.05) is 0 Å². The first-order valence-electron chi connectivity index (χ1n) is 4.37. The van der Waals surface area contributed by atoms with Crippen molar-refractivity contribution in [3.8, 4) is 5.75 Å². The summed E-state index contributed by atoms with van der Waals surface area (Å²) < 4.78 is 0. The summed E-state index contributed by atoms with van der Waals surface area (Å²) in [5, 5.41) is 11.6. The van der Waals surface area contributed by atoms with E-state index in [9.17, 15) is 5.11 Å². The molecule has 0 amide bonds. The van der Waals surface area contributed by atoms with Crippen LogP contribution in [0.3, 0.4) is 0 Å². The second kappa shape index (κ2) is 2.77. The average Bonchev–Trinajstić information content (AvgIpc) is 2.08. The molecule has 0 spiro atoms. The summed E-state index contributed by atoms with van der Waals surface area (Å²) in [5.41, 5.74) is 2.55. The molecule has 0 aliphatic heterocycles. The average molecular weight is 172 g/mol. The smallest absolute Gasteiger partial charge is 0.116 e. The van der Waals surface area contributed by atoms with Crippen molar-refractivity contribution in [2.75, 3.05) is 0 Å². The van der Waals surface area contributed by atoms with Crippen molar-refractivity contribution < 1.29 is 5.11 Å². The zero-order chi connectivity index (χ0) is 9.42. The fourth-order valence-electron chi connectivity index (χ4n) is 1.51. The highest BCUT2D eigenvalue weighted by molar-refractivity contribution is 5.85. The molecule has 1 heteroatoms. The van der Waals surface area contributed by atoms with Crippen LogP contribution in [0.2, 0.25) is 0 Å². The second-order valence-electron chi connectivity index (χ2n) is 3.47. The maximum atomic E-state index is 9.29. The van der Waals surface area contributed by atoms with Crippen LogP contribution < -0.4 is 0 Å². The molecule has 0 aliphatic carbocycles. The van der Waals surface area contributed by atoms with E-state index in [1.807, 2.05) is 6.07 Å². The van der Waals surface area contributed by atoms with E-state index in [0.29, 0.717) is 5.75 Å². The summed E-state index contributed by atoms with van der Waals surface area (Å²) in [6, 6.07) is 9.70. The number of hydrogen-bond acceptors (Lipinski definition) is 1. The van der Waals surface area contributed by atoms with Gasteiger partial charge in [-0.05, 0) is 47.9 Å². The highest BCUT2D eigenvalue weighted by Crippen LogP contribution is 2.22. The molecule has 0 unspecified atom stereocenters. The number of aryl methyl sites for hydroxylation is 2. The highest BCUT2D eigenvalue weighted by Gasteiger charge is 1.98. The van der Waals surface area contributed by atoms with Crippen molar-refractivity contribution in [1.29, 1.82) is 0 Å². The Balaban J connectivity index is 2.81. The first-order chi connectivity index (χ1) is 6.16. The van der Waals surface area contributed by atoms with E-state index in [0.717, 1.165) is 5.39 Å². The maximum Gasteiger partial charge on any atom is 0.116 e. The second-order valence-corrected chi connectivity index (χ2v) is 3.47. The van der Waals surface area contributed by atoms with Crippen molar-refractivity contribution in [1.82, 2.24) is 0 Å². The summed E-state index contributed by atoms with van der Waals surface area (Å²) in [7, 11) is 0. The molecule has 0 aliphatic rings. The molecule has 0 bridgehead atoms. The Hall–Kier alpha value is -1.50. The van der Waals surface area contributed by atoms with Gasteiger partial charge in [-0.25, -0.2) is 0 Å². The Morgan fingerprint density at radius 2 is 1.46 bits per heavy atom. The predicted molar refractivity (Wildman–Crippen MR) is 55.1 cm³/mol. The third-order valence-corrected chi connectivity index (χ3v) is 2.44. The van der Waals surface area contributed by atoms with E-state index in [4.69, 9.17) is 0 Å². The molecule has 0 saturated carbocycles. The fourth-order valence-corrected chi connectivity index (χ4v) is 1.51. The number of phenols is 1. The van der Waals surface area contributed by atoms with E-state index >= 15 is 0 Å². The van der Waals surface area contributed by atoms with Gasteiger partial charge in [-0.15, -0.1) is 0 Å². The molecule has 0 atom stereocenters. The topological polar surface area (TPSA) is 20.2 Å². The van der Waals surface area contributed by atoms with Crippen LogP contribution in [0.25, 0.3) is 10.8 Å². The lowest BCUT2D eigenvalue weighted by Crippen LogP contribution is -1.81. The van der Waals surface area contributed by atoms with Crippen molar-refractivity contribution in [2.24, 2.45) is 0 Å². The molecule has 1 N–H and O–H groups in total. The van der Waals surface area contributed by atoms with Crippen LogP contribution in [-0.2, 0) is 0 Å². The van der Waals surface area contributed by atoms with Crippen molar-refractivity contribution in [3.63, 3.8) is 0 Å². The van der Waals surface area contributed by atoms with E-state index in [1.165, 1.54) is 16.5 Å². The number of hydrogen-bond donors (Lipinski definition) is 1. The SMILES string of the molecule is Cc1cc2ccc(O)cc2cc1C. The van der Waals surface area contributed by atoms with Gasteiger partial charge in [0.05, 0.1) is 0 Å². The van der Waals surface area contributed by atoms with Crippen molar-refractivity contribution in [3.05, 3.63) is 41.5 Å². The Morgan fingerprint density at radius 3 is 2.15 bits per heavy atom. The lowest BCUT2D eigenvalue weighted by atomic mass is 10.0. The molecule has 2 aromatic rings. The molecule has 0 fully saturated rings. The summed E-state index contributed by atoms with van der Waals surface area (Å²) in [5.74, 6) is 0.329. The molecule has 0 aromatic heterocycles. The largest absolute Gasteiger partial charge is 0.508 e. The Labute approximate surface area is 77.6 Å². The zero-order valence-corrected chi connectivity index (χ0v) is 7.83. The van der Waals surface area contributed by atoms with Crippen LogP contribution in [0, 0.1) is 13.8 Å². The van der Waals surface area contributed by atoms with Crippen LogP contribution in [-0.4, -0.2) is 5.11 Å². The molecule has 66 valence electrons. The van der Waals surface area contributed by atoms with Crippen molar-refractivity contribution >= 4 is 10.8 Å². The number of fused-ring (bicyclic) bond motifs is 1. The summed E-state index contributed by atoms with van der Waals surface area (Å²) >= 11 is 0. The molecular formula is C12H12O. The lowest BCUT2D eigenvalue weighted by Gasteiger charge is -2.03. The number of aromatic hydroxyl groups is 1. The molecule has 0 heterocycles. The van der Waals surface area contributed by atoms with Crippen LogP contribution in [0.15, 0.2) is 30.3 Å². The highest BCUT2D eigenvalue weighted by atomic mass is 16.3. The van der Waals surface area contributed by atoms with E-state index in [-0.39, 0.29) is 0 Å². The maximum absolute atomic E-state index is 9.29. The molecule has 13 heavy (non-hydrogen) atoms. The monoisotopic (exact) mass is 172 g/mol. The molecule has 2 rings (SSSR count). The van der Waals surface area contributed by atoms with Gasteiger partial charge in [-0.3, -0.25) is 0 Å². The normalized spacial score (nSPS) is 10.6. The molecule has 0 saturated heterocycles. The van der Waals surface area contributed by atoms with Gasteiger partial charge < -0.3 is 5.11 Å². The Kier molecular flexibility index (Phi) is 1.73. The molecule has 1 nitrogen and oxygen atoms in total. The van der Waals surface area contributed by atoms with Gasteiger partial charge in [0.2, 0.25) is 0 Å². The van der Waals surface area contributed by atoms with Gasteiger partial charge in [0.25, 0.3) is 0 Å². The van der Waals surface area contributed by atoms with E-state index in [2.05, 4.69) is 26.0 Å². The molecular weight excluding hydrogens is 160 g/mol. The number of phenolic OH excluding ortho intramolecular Hbond substituents is 1. The third kappa shape index (κ3) is 1.37. The van der Waals surface area contributed by atoms with Crippen LogP contribution in [0.1, 0.15) is 11.1 Å². The fraction of sp³-hybridized carbons (Fsp3) is 0.167. The number of benzene rings is 2. The van der Waals surface area contributed by atoms with Crippen LogP contribution in [0.5, 0.6) is 5.75 Å². The zero-order valence-electron chi connectivity index (χ0n) is 7.83. The molecule has 2 aromatic carbocycles. The predicted octanol–water partition coefficient (Wildman–Crippen LogP) is 3.16.